The summed E-state index contributed by atoms with van der Waals surface area (Å²) in [6, 6.07) is 0.531. The zero-order valence-corrected chi connectivity index (χ0v) is 10.9. The lowest BCUT2D eigenvalue weighted by molar-refractivity contribution is 0.593. The minimum Gasteiger partial charge on any atom is -0.349 e. The van der Waals surface area contributed by atoms with E-state index in [2.05, 4.69) is 42.9 Å². The number of nitrogens with one attached hydrogen (secondary N) is 1. The van der Waals surface area contributed by atoms with Gasteiger partial charge in [-0.25, -0.2) is 4.98 Å². The molecule has 1 aromatic rings. The summed E-state index contributed by atoms with van der Waals surface area (Å²) in [6.45, 7) is 11.6. The van der Waals surface area contributed by atoms with E-state index in [-0.39, 0.29) is 0 Å². The van der Waals surface area contributed by atoms with Crippen LogP contribution in [0, 0.1) is 0 Å². The lowest BCUT2D eigenvalue weighted by Gasteiger charge is -2.16. The van der Waals surface area contributed by atoms with Gasteiger partial charge in [0.1, 0.15) is 0 Å². The molecule has 3 nitrogen and oxygen atoms in total. The van der Waals surface area contributed by atoms with Crippen molar-refractivity contribution >= 4 is 16.5 Å². The second kappa shape index (κ2) is 6.08. The Bertz CT molecular complexity index is 279. The van der Waals surface area contributed by atoms with Crippen LogP contribution in [-0.4, -0.2) is 24.1 Å². The van der Waals surface area contributed by atoms with Crippen LogP contribution in [0.4, 0.5) is 5.13 Å². The van der Waals surface area contributed by atoms with Crippen LogP contribution in [0.3, 0.4) is 0 Å². The van der Waals surface area contributed by atoms with Crippen molar-refractivity contribution in [1.29, 1.82) is 0 Å². The topological polar surface area (TPSA) is 28.2 Å². The van der Waals surface area contributed by atoms with Crippen molar-refractivity contribution in [3.05, 3.63) is 11.1 Å². The fourth-order valence-corrected chi connectivity index (χ4v) is 2.31. The first-order chi connectivity index (χ1) is 7.17. The Balaban J connectivity index is 2.55. The van der Waals surface area contributed by atoms with Crippen molar-refractivity contribution in [1.82, 2.24) is 10.3 Å². The van der Waals surface area contributed by atoms with Crippen molar-refractivity contribution in [3.8, 4) is 0 Å². The van der Waals surface area contributed by atoms with Crippen LogP contribution in [0.5, 0.6) is 0 Å². The van der Waals surface area contributed by atoms with E-state index in [1.54, 1.807) is 11.3 Å². The second-order valence-electron chi connectivity index (χ2n) is 3.82. The fraction of sp³-hybridized carbons (Fsp3) is 0.727. The molecule has 0 bridgehead atoms. The van der Waals surface area contributed by atoms with Gasteiger partial charge in [-0.2, -0.15) is 0 Å². The van der Waals surface area contributed by atoms with E-state index in [1.165, 1.54) is 4.88 Å². The molecule has 0 aliphatic carbocycles. The Kier molecular flexibility index (Phi) is 5.05. The Labute approximate surface area is 96.5 Å². The van der Waals surface area contributed by atoms with Gasteiger partial charge in [-0.05, 0) is 13.8 Å². The van der Waals surface area contributed by atoms with Crippen molar-refractivity contribution in [3.63, 3.8) is 0 Å². The first kappa shape index (κ1) is 12.5. The number of hydrogen-bond donors (Lipinski definition) is 1. The van der Waals surface area contributed by atoms with Crippen LogP contribution < -0.4 is 10.2 Å². The monoisotopic (exact) mass is 227 g/mol. The van der Waals surface area contributed by atoms with Gasteiger partial charge in [0.15, 0.2) is 5.13 Å². The van der Waals surface area contributed by atoms with Crippen molar-refractivity contribution in [2.24, 2.45) is 0 Å². The molecule has 1 rings (SSSR count). The van der Waals surface area contributed by atoms with E-state index in [1.807, 2.05) is 6.20 Å². The Morgan fingerprint density at radius 2 is 2.07 bits per heavy atom. The molecule has 0 atom stereocenters. The van der Waals surface area contributed by atoms with Crippen LogP contribution in [0.1, 0.15) is 32.6 Å². The lowest BCUT2D eigenvalue weighted by atomic mass is 10.4. The number of anilines is 1. The predicted molar refractivity (Wildman–Crippen MR) is 67.7 cm³/mol. The highest BCUT2D eigenvalue weighted by Gasteiger charge is 2.07. The number of thiazole rings is 1. The SMILES string of the molecule is CCN(CC)c1ncc(CNC(C)C)s1. The van der Waals surface area contributed by atoms with E-state index in [0.29, 0.717) is 6.04 Å². The Morgan fingerprint density at radius 3 is 2.60 bits per heavy atom. The third-order valence-electron chi connectivity index (χ3n) is 2.26. The van der Waals surface area contributed by atoms with Crippen molar-refractivity contribution < 1.29 is 0 Å². The van der Waals surface area contributed by atoms with E-state index in [4.69, 9.17) is 0 Å². The molecule has 0 aromatic carbocycles. The Morgan fingerprint density at radius 1 is 1.40 bits per heavy atom. The molecule has 1 N–H and O–H groups in total. The number of rotatable bonds is 6. The van der Waals surface area contributed by atoms with Gasteiger partial charge in [0.05, 0.1) is 0 Å². The van der Waals surface area contributed by atoms with Crippen molar-refractivity contribution in [2.45, 2.75) is 40.3 Å². The van der Waals surface area contributed by atoms with Crippen LogP contribution in [0.25, 0.3) is 0 Å². The van der Waals surface area contributed by atoms with E-state index in [0.717, 1.165) is 24.8 Å². The predicted octanol–water partition coefficient (Wildman–Crippen LogP) is 2.49. The van der Waals surface area contributed by atoms with Crippen LogP contribution in [-0.2, 0) is 6.54 Å². The van der Waals surface area contributed by atoms with Gasteiger partial charge >= 0.3 is 0 Å². The molecule has 0 spiro atoms. The third kappa shape index (κ3) is 3.80. The maximum atomic E-state index is 4.44. The van der Waals surface area contributed by atoms with E-state index >= 15 is 0 Å². The van der Waals surface area contributed by atoms with Gasteiger partial charge in [0.25, 0.3) is 0 Å². The molecule has 1 aromatic heterocycles. The highest BCUT2D eigenvalue weighted by Crippen LogP contribution is 2.21. The standard InChI is InChI=1S/C11H21N3S/c1-5-14(6-2)11-13-8-10(15-11)7-12-9(3)4/h8-9,12H,5-7H2,1-4H3. The molecule has 0 aliphatic heterocycles. The average molecular weight is 227 g/mol. The second-order valence-corrected chi connectivity index (χ2v) is 4.91. The van der Waals surface area contributed by atoms with Crippen LogP contribution in [0.15, 0.2) is 6.20 Å². The van der Waals surface area contributed by atoms with Gasteiger partial charge in [0.2, 0.25) is 0 Å². The molecule has 0 fully saturated rings. The minimum absolute atomic E-state index is 0.531. The zero-order chi connectivity index (χ0) is 11.3. The highest BCUT2D eigenvalue weighted by molar-refractivity contribution is 7.15. The van der Waals surface area contributed by atoms with Gasteiger partial charge < -0.3 is 10.2 Å². The molecule has 0 saturated heterocycles. The van der Waals surface area contributed by atoms with Gasteiger partial charge in [-0.1, -0.05) is 13.8 Å². The molecule has 0 radical (unpaired) electrons. The molecule has 0 aliphatic rings. The summed E-state index contributed by atoms with van der Waals surface area (Å²) >= 11 is 1.78. The average Bonchev–Trinajstić information content (AvgIpc) is 2.65. The summed E-state index contributed by atoms with van der Waals surface area (Å²) in [5.41, 5.74) is 0. The Hall–Kier alpha value is -0.610. The molecule has 15 heavy (non-hydrogen) atoms. The quantitative estimate of drug-likeness (QED) is 0.809. The number of aromatic nitrogens is 1. The fourth-order valence-electron chi connectivity index (χ4n) is 1.32. The maximum absolute atomic E-state index is 4.44. The molecular formula is C11H21N3S. The minimum atomic E-state index is 0.531. The van der Waals surface area contributed by atoms with Crippen LogP contribution >= 0.6 is 11.3 Å². The normalized spacial score (nSPS) is 11.0. The van der Waals surface area contributed by atoms with Crippen molar-refractivity contribution in [2.75, 3.05) is 18.0 Å². The summed E-state index contributed by atoms with van der Waals surface area (Å²) in [5.74, 6) is 0. The summed E-state index contributed by atoms with van der Waals surface area (Å²) in [6.07, 6.45) is 1.98. The molecule has 1 heterocycles. The summed E-state index contributed by atoms with van der Waals surface area (Å²) in [4.78, 5) is 8.03. The van der Waals surface area contributed by atoms with Gasteiger partial charge in [0, 0.05) is 36.8 Å². The molecular weight excluding hydrogens is 206 g/mol. The molecule has 0 amide bonds. The van der Waals surface area contributed by atoms with E-state index < -0.39 is 0 Å². The number of nitrogens with zero attached hydrogens (tertiary/aromatic N) is 2. The molecule has 0 unspecified atom stereocenters. The molecule has 0 saturated carbocycles. The third-order valence-corrected chi connectivity index (χ3v) is 3.32. The summed E-state index contributed by atoms with van der Waals surface area (Å²) in [5, 5.41) is 4.54. The largest absolute Gasteiger partial charge is 0.349 e. The maximum Gasteiger partial charge on any atom is 0.185 e. The summed E-state index contributed by atoms with van der Waals surface area (Å²) in [7, 11) is 0. The first-order valence-electron chi connectivity index (χ1n) is 5.60. The number of hydrogen-bond acceptors (Lipinski definition) is 4. The van der Waals surface area contributed by atoms with Crippen LogP contribution in [0.2, 0.25) is 0 Å². The van der Waals surface area contributed by atoms with Gasteiger partial charge in [-0.15, -0.1) is 11.3 Å². The summed E-state index contributed by atoms with van der Waals surface area (Å²) < 4.78 is 0. The molecule has 4 heteroatoms. The zero-order valence-electron chi connectivity index (χ0n) is 10.1. The highest BCUT2D eigenvalue weighted by atomic mass is 32.1. The van der Waals surface area contributed by atoms with E-state index in [9.17, 15) is 0 Å². The first-order valence-corrected chi connectivity index (χ1v) is 6.42. The lowest BCUT2D eigenvalue weighted by Crippen LogP contribution is -2.21. The smallest absolute Gasteiger partial charge is 0.185 e. The molecule has 86 valence electrons. The van der Waals surface area contributed by atoms with Gasteiger partial charge in [-0.3, -0.25) is 0 Å².